The van der Waals surface area contributed by atoms with Crippen molar-refractivity contribution >= 4 is 17.6 Å². The minimum atomic E-state index is 0.420. The molecule has 6 nitrogen and oxygen atoms in total. The van der Waals surface area contributed by atoms with E-state index in [-0.39, 0.29) is 0 Å². The van der Waals surface area contributed by atoms with Crippen LogP contribution in [-0.4, -0.2) is 29.7 Å². The van der Waals surface area contributed by atoms with Crippen LogP contribution in [0, 0.1) is 0 Å². The third-order valence-corrected chi connectivity index (χ3v) is 4.58. The third-order valence-electron chi connectivity index (χ3n) is 4.32. The molecule has 0 radical (unpaired) electrons. The zero-order chi connectivity index (χ0) is 18.2. The van der Waals surface area contributed by atoms with Crippen LogP contribution < -0.4 is 10.6 Å². The Bertz CT molecular complexity index is 766. The summed E-state index contributed by atoms with van der Waals surface area (Å²) in [6.07, 6.45) is 8.51. The monoisotopic (exact) mass is 373 g/mol. The van der Waals surface area contributed by atoms with Crippen molar-refractivity contribution in [3.8, 4) is 11.4 Å². The zero-order valence-electron chi connectivity index (χ0n) is 15.0. The van der Waals surface area contributed by atoms with Crippen LogP contribution >= 0.6 is 11.6 Å². The lowest BCUT2D eigenvalue weighted by molar-refractivity contribution is 0.375. The fourth-order valence-electron chi connectivity index (χ4n) is 2.90. The van der Waals surface area contributed by atoms with E-state index in [0.29, 0.717) is 23.3 Å². The summed E-state index contributed by atoms with van der Waals surface area (Å²) < 4.78 is 5.30. The highest BCUT2D eigenvalue weighted by molar-refractivity contribution is 6.30. The number of halogens is 1. The van der Waals surface area contributed by atoms with Gasteiger partial charge in [-0.2, -0.15) is 4.98 Å². The number of nitrogens with zero attached hydrogens (tertiary/aromatic N) is 3. The number of hydrogen-bond acceptors (Lipinski definition) is 4. The van der Waals surface area contributed by atoms with Gasteiger partial charge in [0.25, 0.3) is 0 Å². The first-order valence-electron chi connectivity index (χ1n) is 8.95. The number of guanidine groups is 1. The summed E-state index contributed by atoms with van der Waals surface area (Å²) in [4.78, 5) is 8.63. The van der Waals surface area contributed by atoms with E-state index >= 15 is 0 Å². The topological polar surface area (TPSA) is 75.3 Å². The highest BCUT2D eigenvalue weighted by atomic mass is 35.5. The summed E-state index contributed by atoms with van der Waals surface area (Å²) in [6, 6.07) is 7.34. The molecule has 26 heavy (non-hydrogen) atoms. The van der Waals surface area contributed by atoms with Crippen molar-refractivity contribution in [2.45, 2.75) is 38.6 Å². The summed E-state index contributed by atoms with van der Waals surface area (Å²) in [7, 11) is 1.75. The number of hydrogen-bond donors (Lipinski definition) is 2. The number of benzene rings is 1. The summed E-state index contributed by atoms with van der Waals surface area (Å²) in [5.74, 6) is 1.78. The summed E-state index contributed by atoms with van der Waals surface area (Å²) >= 11 is 5.90. The normalized spacial score (nSPS) is 14.8. The summed E-state index contributed by atoms with van der Waals surface area (Å²) in [5.41, 5.74) is 2.41. The first-order valence-corrected chi connectivity index (χ1v) is 9.33. The zero-order valence-corrected chi connectivity index (χ0v) is 15.7. The lowest BCUT2D eigenvalue weighted by Crippen LogP contribution is -2.37. The quantitative estimate of drug-likeness (QED) is 0.455. The molecule has 0 atom stereocenters. The van der Waals surface area contributed by atoms with E-state index in [1.165, 1.54) is 25.7 Å². The minimum Gasteiger partial charge on any atom is -0.356 e. The Hall–Kier alpha value is -2.34. The van der Waals surface area contributed by atoms with Gasteiger partial charge in [0, 0.05) is 24.2 Å². The molecule has 2 N–H and O–H groups in total. The number of nitrogens with one attached hydrogen (secondary N) is 2. The SMILES string of the molecule is CN=C(NCCC1=CCCCC1)NCc1nc(-c2ccc(Cl)cc2)no1. The van der Waals surface area contributed by atoms with E-state index in [2.05, 4.69) is 31.8 Å². The van der Waals surface area contributed by atoms with Gasteiger partial charge < -0.3 is 15.2 Å². The summed E-state index contributed by atoms with van der Waals surface area (Å²) in [5, 5.41) is 11.2. The van der Waals surface area contributed by atoms with Crippen molar-refractivity contribution in [1.82, 2.24) is 20.8 Å². The highest BCUT2D eigenvalue weighted by Gasteiger charge is 2.09. The average Bonchev–Trinajstić information content (AvgIpc) is 3.15. The predicted molar refractivity (Wildman–Crippen MR) is 104 cm³/mol. The molecule has 1 aliphatic rings. The molecular formula is C19H24ClN5O. The molecule has 0 aliphatic heterocycles. The lowest BCUT2D eigenvalue weighted by Gasteiger charge is -2.14. The van der Waals surface area contributed by atoms with Crippen molar-refractivity contribution in [3.63, 3.8) is 0 Å². The molecule has 2 aromatic rings. The van der Waals surface area contributed by atoms with Crippen LogP contribution in [0.15, 0.2) is 45.4 Å². The molecule has 0 saturated heterocycles. The van der Waals surface area contributed by atoms with E-state index in [4.69, 9.17) is 16.1 Å². The molecule has 1 aromatic heterocycles. The largest absolute Gasteiger partial charge is 0.356 e. The van der Waals surface area contributed by atoms with Crippen LogP contribution in [0.4, 0.5) is 0 Å². The van der Waals surface area contributed by atoms with Crippen LogP contribution in [0.1, 0.15) is 38.0 Å². The molecule has 0 fully saturated rings. The Kier molecular flexibility index (Phi) is 6.66. The molecule has 3 rings (SSSR count). The van der Waals surface area contributed by atoms with E-state index in [1.54, 1.807) is 24.8 Å². The van der Waals surface area contributed by atoms with Crippen molar-refractivity contribution in [1.29, 1.82) is 0 Å². The first-order chi connectivity index (χ1) is 12.7. The van der Waals surface area contributed by atoms with Crippen molar-refractivity contribution in [3.05, 3.63) is 46.8 Å². The van der Waals surface area contributed by atoms with Gasteiger partial charge in [-0.25, -0.2) is 0 Å². The Labute approximate surface area is 158 Å². The number of aromatic nitrogens is 2. The average molecular weight is 374 g/mol. The van der Waals surface area contributed by atoms with E-state index in [9.17, 15) is 0 Å². The van der Waals surface area contributed by atoms with Crippen molar-refractivity contribution in [2.24, 2.45) is 4.99 Å². The third kappa shape index (κ3) is 5.33. The Morgan fingerprint density at radius 2 is 2.08 bits per heavy atom. The second-order valence-electron chi connectivity index (χ2n) is 6.23. The number of allylic oxidation sites excluding steroid dienone is 1. The van der Waals surface area contributed by atoms with E-state index in [1.807, 2.05) is 12.1 Å². The molecule has 138 valence electrons. The Balaban J connectivity index is 1.46. The molecule has 1 heterocycles. The first kappa shape index (κ1) is 18.5. The van der Waals surface area contributed by atoms with Gasteiger partial charge in [-0.1, -0.05) is 28.4 Å². The smallest absolute Gasteiger partial charge is 0.246 e. The number of aliphatic imine (C=N–C) groups is 1. The lowest BCUT2D eigenvalue weighted by atomic mass is 9.97. The van der Waals surface area contributed by atoms with Gasteiger partial charge in [0.1, 0.15) is 0 Å². The fourth-order valence-corrected chi connectivity index (χ4v) is 3.02. The molecule has 0 amide bonds. The second kappa shape index (κ2) is 9.38. The predicted octanol–water partition coefficient (Wildman–Crippen LogP) is 3.95. The van der Waals surface area contributed by atoms with Crippen LogP contribution in [0.5, 0.6) is 0 Å². The van der Waals surface area contributed by atoms with Gasteiger partial charge in [-0.3, -0.25) is 4.99 Å². The van der Waals surface area contributed by atoms with Crippen LogP contribution in [-0.2, 0) is 6.54 Å². The Morgan fingerprint density at radius 3 is 2.81 bits per heavy atom. The van der Waals surface area contributed by atoms with E-state index in [0.717, 1.165) is 24.5 Å². The highest BCUT2D eigenvalue weighted by Crippen LogP contribution is 2.20. The van der Waals surface area contributed by atoms with Crippen LogP contribution in [0.25, 0.3) is 11.4 Å². The molecule has 0 spiro atoms. The molecule has 0 unspecified atom stereocenters. The van der Waals surface area contributed by atoms with E-state index < -0.39 is 0 Å². The van der Waals surface area contributed by atoms with Crippen LogP contribution in [0.3, 0.4) is 0 Å². The minimum absolute atomic E-state index is 0.420. The maximum Gasteiger partial charge on any atom is 0.246 e. The second-order valence-corrected chi connectivity index (χ2v) is 6.67. The number of rotatable bonds is 6. The fraction of sp³-hybridized carbons (Fsp3) is 0.421. The maximum atomic E-state index is 5.90. The van der Waals surface area contributed by atoms with Gasteiger partial charge in [0.05, 0.1) is 6.54 Å². The van der Waals surface area contributed by atoms with Crippen molar-refractivity contribution in [2.75, 3.05) is 13.6 Å². The standard InChI is InChI=1S/C19H24ClN5O/c1-21-19(22-12-11-14-5-3-2-4-6-14)23-13-17-24-18(25-26-17)15-7-9-16(20)10-8-15/h5,7-10H,2-4,6,11-13H2,1H3,(H2,21,22,23). The molecule has 0 saturated carbocycles. The summed E-state index contributed by atoms with van der Waals surface area (Å²) in [6.45, 7) is 1.29. The van der Waals surface area contributed by atoms with Gasteiger partial charge in [-0.05, 0) is 56.4 Å². The van der Waals surface area contributed by atoms with Gasteiger partial charge in [-0.15, -0.1) is 0 Å². The molecule has 1 aliphatic carbocycles. The molecule has 0 bridgehead atoms. The van der Waals surface area contributed by atoms with Gasteiger partial charge in [0.2, 0.25) is 11.7 Å². The molecule has 7 heteroatoms. The molecular weight excluding hydrogens is 350 g/mol. The maximum absolute atomic E-state index is 5.90. The van der Waals surface area contributed by atoms with Crippen molar-refractivity contribution < 1.29 is 4.52 Å². The Morgan fingerprint density at radius 1 is 1.23 bits per heavy atom. The van der Waals surface area contributed by atoms with Crippen LogP contribution in [0.2, 0.25) is 5.02 Å². The molecule has 1 aromatic carbocycles. The van der Waals surface area contributed by atoms with Gasteiger partial charge >= 0.3 is 0 Å². The van der Waals surface area contributed by atoms with Gasteiger partial charge in [0.15, 0.2) is 5.96 Å².